The molecule has 1 saturated heterocycles. The maximum atomic E-state index is 12.3. The lowest BCUT2D eigenvalue weighted by molar-refractivity contribution is -0.0163. The van der Waals surface area contributed by atoms with Crippen molar-refractivity contribution in [3.8, 4) is 0 Å². The minimum absolute atomic E-state index is 0.0989. The van der Waals surface area contributed by atoms with Gasteiger partial charge in [-0.3, -0.25) is 4.79 Å². The molecule has 1 amide bonds. The van der Waals surface area contributed by atoms with E-state index in [1.165, 1.54) is 11.3 Å². The standard InChI is InChI=1S/C14H19N5O2S/c1-3-19-7-6-15-12(19)11-10(5-4-8-21-11)16-13(20)14-18-17-9(2)22-14/h6-7,10-11H,3-5,8H2,1-2H3,(H,16,20)/t10-,11-/m0/s1. The molecular formula is C14H19N5O2S. The quantitative estimate of drug-likeness (QED) is 0.927. The van der Waals surface area contributed by atoms with Crippen molar-refractivity contribution in [1.82, 2.24) is 25.1 Å². The minimum atomic E-state index is -0.221. The summed E-state index contributed by atoms with van der Waals surface area (Å²) in [5.74, 6) is 0.668. The van der Waals surface area contributed by atoms with E-state index >= 15 is 0 Å². The van der Waals surface area contributed by atoms with E-state index in [0.29, 0.717) is 11.6 Å². The van der Waals surface area contributed by atoms with E-state index in [1.54, 1.807) is 6.20 Å². The molecule has 0 spiro atoms. The van der Waals surface area contributed by atoms with Gasteiger partial charge in [-0.25, -0.2) is 4.98 Å². The fourth-order valence-corrected chi connectivity index (χ4v) is 3.24. The van der Waals surface area contributed by atoms with Gasteiger partial charge < -0.3 is 14.6 Å². The first kappa shape index (κ1) is 15.1. The zero-order valence-electron chi connectivity index (χ0n) is 12.7. The number of aromatic nitrogens is 4. The highest BCUT2D eigenvalue weighted by atomic mass is 32.1. The van der Waals surface area contributed by atoms with Crippen LogP contribution in [0.15, 0.2) is 12.4 Å². The number of nitrogens with one attached hydrogen (secondary N) is 1. The number of imidazole rings is 1. The van der Waals surface area contributed by atoms with E-state index in [2.05, 4.69) is 27.4 Å². The van der Waals surface area contributed by atoms with Gasteiger partial charge >= 0.3 is 0 Å². The smallest absolute Gasteiger partial charge is 0.282 e. The SMILES string of the molecule is CCn1ccnc1[C@H]1OCCC[C@@H]1NC(=O)c1nnc(C)s1. The average Bonchev–Trinajstić information content (AvgIpc) is 3.16. The van der Waals surface area contributed by atoms with Crippen LogP contribution in [0.5, 0.6) is 0 Å². The van der Waals surface area contributed by atoms with Gasteiger partial charge in [-0.2, -0.15) is 0 Å². The Morgan fingerprint density at radius 2 is 2.41 bits per heavy atom. The van der Waals surface area contributed by atoms with Crippen molar-refractivity contribution in [1.29, 1.82) is 0 Å². The summed E-state index contributed by atoms with van der Waals surface area (Å²) in [4.78, 5) is 16.7. The largest absolute Gasteiger partial charge is 0.368 e. The molecule has 7 nitrogen and oxygen atoms in total. The van der Waals surface area contributed by atoms with Crippen molar-refractivity contribution in [3.05, 3.63) is 28.2 Å². The Labute approximate surface area is 132 Å². The van der Waals surface area contributed by atoms with Crippen LogP contribution < -0.4 is 5.32 Å². The fraction of sp³-hybridized carbons (Fsp3) is 0.571. The maximum absolute atomic E-state index is 12.3. The second-order valence-corrected chi connectivity index (χ2v) is 6.39. The third-order valence-electron chi connectivity index (χ3n) is 3.70. The van der Waals surface area contributed by atoms with Crippen molar-refractivity contribution in [2.24, 2.45) is 0 Å². The van der Waals surface area contributed by atoms with Crippen molar-refractivity contribution >= 4 is 17.2 Å². The Morgan fingerprint density at radius 1 is 1.55 bits per heavy atom. The van der Waals surface area contributed by atoms with Gasteiger partial charge in [0.05, 0.1) is 6.04 Å². The monoisotopic (exact) mass is 321 g/mol. The topological polar surface area (TPSA) is 81.9 Å². The highest BCUT2D eigenvalue weighted by Gasteiger charge is 2.32. The van der Waals surface area contributed by atoms with Crippen molar-refractivity contribution in [3.63, 3.8) is 0 Å². The third-order valence-corrected chi connectivity index (χ3v) is 4.54. The summed E-state index contributed by atoms with van der Waals surface area (Å²) in [5.41, 5.74) is 0. The number of aryl methyl sites for hydroxylation is 2. The summed E-state index contributed by atoms with van der Waals surface area (Å²) < 4.78 is 7.93. The first-order valence-electron chi connectivity index (χ1n) is 7.42. The molecule has 8 heteroatoms. The molecule has 0 radical (unpaired) electrons. The number of hydrogen-bond donors (Lipinski definition) is 1. The molecule has 2 aromatic rings. The molecule has 2 aromatic heterocycles. The Hall–Kier alpha value is -1.80. The van der Waals surface area contributed by atoms with E-state index in [4.69, 9.17) is 4.74 Å². The van der Waals surface area contributed by atoms with Gasteiger partial charge in [-0.15, -0.1) is 10.2 Å². The molecule has 0 aliphatic carbocycles. The molecule has 118 valence electrons. The number of carbonyl (C=O) groups is 1. The van der Waals surface area contributed by atoms with Crippen LogP contribution in [0.2, 0.25) is 0 Å². The molecule has 0 bridgehead atoms. The lowest BCUT2D eigenvalue weighted by Crippen LogP contribution is -2.43. The normalized spacial score (nSPS) is 21.7. The van der Waals surface area contributed by atoms with Gasteiger partial charge in [0.25, 0.3) is 5.91 Å². The molecular weight excluding hydrogens is 302 g/mol. The number of ether oxygens (including phenoxy) is 1. The molecule has 0 aromatic carbocycles. The van der Waals surface area contributed by atoms with Crippen LogP contribution in [-0.2, 0) is 11.3 Å². The number of nitrogens with zero attached hydrogens (tertiary/aromatic N) is 4. The molecule has 0 saturated carbocycles. The van der Waals surface area contributed by atoms with Gasteiger partial charge in [0.1, 0.15) is 16.9 Å². The molecule has 1 fully saturated rings. The van der Waals surface area contributed by atoms with Crippen LogP contribution in [0.25, 0.3) is 0 Å². The molecule has 0 unspecified atom stereocenters. The summed E-state index contributed by atoms with van der Waals surface area (Å²) in [6.45, 7) is 5.40. The van der Waals surface area contributed by atoms with Gasteiger partial charge in [-0.05, 0) is 26.7 Å². The summed E-state index contributed by atoms with van der Waals surface area (Å²) in [6, 6.07) is -0.0989. The molecule has 3 heterocycles. The van der Waals surface area contributed by atoms with Crippen LogP contribution in [0, 0.1) is 6.92 Å². The first-order chi connectivity index (χ1) is 10.7. The Morgan fingerprint density at radius 3 is 3.14 bits per heavy atom. The van der Waals surface area contributed by atoms with Gasteiger partial charge in [0.2, 0.25) is 5.01 Å². The number of rotatable bonds is 4. The Balaban J connectivity index is 1.77. The molecule has 1 N–H and O–H groups in total. The number of hydrogen-bond acceptors (Lipinski definition) is 6. The predicted octanol–water partition coefficient (Wildman–Crippen LogP) is 1.71. The van der Waals surface area contributed by atoms with Crippen LogP contribution in [0.3, 0.4) is 0 Å². The number of carbonyl (C=O) groups excluding carboxylic acids is 1. The lowest BCUT2D eigenvalue weighted by atomic mass is 10.0. The van der Waals surface area contributed by atoms with E-state index < -0.39 is 0 Å². The van der Waals surface area contributed by atoms with E-state index in [0.717, 1.165) is 30.2 Å². The molecule has 2 atom stereocenters. The van der Waals surface area contributed by atoms with Crippen LogP contribution >= 0.6 is 11.3 Å². The van der Waals surface area contributed by atoms with Crippen molar-refractivity contribution < 1.29 is 9.53 Å². The molecule has 1 aliphatic heterocycles. The van der Waals surface area contributed by atoms with Crippen LogP contribution in [0.1, 0.15) is 46.5 Å². The predicted molar refractivity (Wildman–Crippen MR) is 81.7 cm³/mol. The van der Waals surface area contributed by atoms with Gasteiger partial charge in [-0.1, -0.05) is 11.3 Å². The second-order valence-electron chi connectivity index (χ2n) is 5.21. The second kappa shape index (κ2) is 6.53. The van der Waals surface area contributed by atoms with Crippen molar-refractivity contribution in [2.75, 3.05) is 6.61 Å². The summed E-state index contributed by atoms with van der Waals surface area (Å²) in [7, 11) is 0. The zero-order chi connectivity index (χ0) is 15.5. The Kier molecular flexibility index (Phi) is 4.49. The highest BCUT2D eigenvalue weighted by Crippen LogP contribution is 2.28. The minimum Gasteiger partial charge on any atom is -0.368 e. The van der Waals surface area contributed by atoms with Gasteiger partial charge in [0, 0.05) is 25.5 Å². The van der Waals surface area contributed by atoms with E-state index in [-0.39, 0.29) is 18.1 Å². The summed E-state index contributed by atoms with van der Waals surface area (Å²) in [5, 5.41) is 12.0. The molecule has 3 rings (SSSR count). The first-order valence-corrected chi connectivity index (χ1v) is 8.24. The molecule has 1 aliphatic rings. The zero-order valence-corrected chi connectivity index (χ0v) is 13.5. The van der Waals surface area contributed by atoms with Crippen LogP contribution in [-0.4, -0.2) is 38.3 Å². The van der Waals surface area contributed by atoms with Crippen molar-refractivity contribution in [2.45, 2.75) is 45.4 Å². The average molecular weight is 321 g/mol. The Bertz CT molecular complexity index is 653. The number of amides is 1. The summed E-state index contributed by atoms with van der Waals surface area (Å²) in [6.07, 6.45) is 5.26. The summed E-state index contributed by atoms with van der Waals surface area (Å²) >= 11 is 1.29. The highest BCUT2D eigenvalue weighted by molar-refractivity contribution is 7.13. The van der Waals surface area contributed by atoms with Gasteiger partial charge in [0.15, 0.2) is 0 Å². The van der Waals surface area contributed by atoms with Crippen LogP contribution in [0.4, 0.5) is 0 Å². The lowest BCUT2D eigenvalue weighted by Gasteiger charge is -2.31. The maximum Gasteiger partial charge on any atom is 0.282 e. The van der Waals surface area contributed by atoms with E-state index in [9.17, 15) is 4.79 Å². The fourth-order valence-electron chi connectivity index (χ4n) is 2.65. The third kappa shape index (κ3) is 3.02. The van der Waals surface area contributed by atoms with E-state index in [1.807, 2.05) is 17.7 Å². The molecule has 22 heavy (non-hydrogen) atoms.